The van der Waals surface area contributed by atoms with Crippen LogP contribution in [-0.4, -0.2) is 0 Å². The second-order valence-electron chi connectivity index (χ2n) is 8.93. The highest BCUT2D eigenvalue weighted by Gasteiger charge is 2.46. The van der Waals surface area contributed by atoms with E-state index in [4.69, 9.17) is 0 Å². The van der Waals surface area contributed by atoms with Gasteiger partial charge in [-0.15, -0.1) is 0 Å². The molecule has 3 atom stereocenters. The van der Waals surface area contributed by atoms with Crippen molar-refractivity contribution < 1.29 is 0 Å². The molecule has 0 aromatic heterocycles. The molecule has 0 saturated heterocycles. The number of nitriles is 2. The van der Waals surface area contributed by atoms with Crippen molar-refractivity contribution >= 4 is 0 Å². The van der Waals surface area contributed by atoms with Crippen LogP contribution < -0.4 is 0 Å². The highest BCUT2D eigenvalue weighted by molar-refractivity contribution is 5.43. The van der Waals surface area contributed by atoms with E-state index in [2.05, 4.69) is 70.0 Å². The van der Waals surface area contributed by atoms with Gasteiger partial charge >= 0.3 is 0 Å². The lowest BCUT2D eigenvalue weighted by molar-refractivity contribution is 0.257. The SMILES string of the molecule is C=C/C=C(\C=C)C(CCc1ccccc1)C1C(C(C#N)(C#N)CC)=C(C)CC[C@@H]1C(=C)C. The fraction of sp³-hybridized carbons (Fsp3) is 0.400. The lowest BCUT2D eigenvalue weighted by atomic mass is 9.58. The van der Waals surface area contributed by atoms with E-state index in [9.17, 15) is 10.5 Å². The maximum absolute atomic E-state index is 10.2. The van der Waals surface area contributed by atoms with E-state index in [-0.39, 0.29) is 17.8 Å². The minimum atomic E-state index is -1.12. The van der Waals surface area contributed by atoms with Gasteiger partial charge in [0.25, 0.3) is 0 Å². The van der Waals surface area contributed by atoms with Crippen LogP contribution in [0.2, 0.25) is 0 Å². The fourth-order valence-electron chi connectivity index (χ4n) is 5.35. The van der Waals surface area contributed by atoms with Gasteiger partial charge in [-0.05, 0) is 80.4 Å². The molecule has 0 N–H and O–H groups in total. The topological polar surface area (TPSA) is 47.6 Å². The largest absolute Gasteiger partial charge is 0.196 e. The Morgan fingerprint density at radius 2 is 1.88 bits per heavy atom. The summed E-state index contributed by atoms with van der Waals surface area (Å²) in [6.45, 7) is 18.5. The van der Waals surface area contributed by atoms with Crippen molar-refractivity contribution in [1.82, 2.24) is 0 Å². The number of benzene rings is 1. The van der Waals surface area contributed by atoms with Gasteiger partial charge < -0.3 is 0 Å². The van der Waals surface area contributed by atoms with Gasteiger partial charge in [-0.25, -0.2) is 0 Å². The van der Waals surface area contributed by atoms with Crippen LogP contribution in [0.15, 0.2) is 90.6 Å². The molecule has 0 saturated carbocycles. The van der Waals surface area contributed by atoms with Gasteiger partial charge in [-0.1, -0.05) is 86.4 Å². The zero-order chi connectivity index (χ0) is 23.7. The molecule has 0 aliphatic heterocycles. The molecule has 0 heterocycles. The van der Waals surface area contributed by atoms with Gasteiger partial charge in [-0.2, -0.15) is 10.5 Å². The third kappa shape index (κ3) is 5.20. The van der Waals surface area contributed by atoms with Crippen molar-refractivity contribution in [3.8, 4) is 12.1 Å². The second-order valence-corrected chi connectivity index (χ2v) is 8.93. The third-order valence-corrected chi connectivity index (χ3v) is 7.06. The number of hydrogen-bond acceptors (Lipinski definition) is 2. The monoisotopic (exact) mass is 424 g/mol. The summed E-state index contributed by atoms with van der Waals surface area (Å²) in [5.74, 6) is 0.369. The van der Waals surface area contributed by atoms with Crippen LogP contribution >= 0.6 is 0 Å². The first-order chi connectivity index (χ1) is 15.4. The molecule has 2 rings (SSSR count). The Hall–Kier alpha value is -3.10. The van der Waals surface area contributed by atoms with Crippen LogP contribution in [0.1, 0.15) is 52.0 Å². The van der Waals surface area contributed by atoms with E-state index in [1.807, 2.05) is 31.2 Å². The number of hydrogen-bond donors (Lipinski definition) is 0. The van der Waals surface area contributed by atoms with Crippen molar-refractivity contribution in [2.24, 2.45) is 23.2 Å². The van der Waals surface area contributed by atoms with E-state index in [0.29, 0.717) is 6.42 Å². The first kappa shape index (κ1) is 25.2. The highest BCUT2D eigenvalue weighted by Crippen LogP contribution is 2.52. The van der Waals surface area contributed by atoms with Gasteiger partial charge in [0, 0.05) is 0 Å². The maximum atomic E-state index is 10.2. The van der Waals surface area contributed by atoms with Gasteiger partial charge in [0.05, 0.1) is 12.1 Å². The molecule has 1 aromatic rings. The molecule has 166 valence electrons. The summed E-state index contributed by atoms with van der Waals surface area (Å²) in [5.41, 5.74) is 4.59. The van der Waals surface area contributed by atoms with Crippen LogP contribution in [0.5, 0.6) is 0 Å². The van der Waals surface area contributed by atoms with Crippen LogP contribution in [0, 0.1) is 45.8 Å². The van der Waals surface area contributed by atoms with Gasteiger partial charge in [0.1, 0.15) is 0 Å². The van der Waals surface area contributed by atoms with E-state index in [1.165, 1.54) is 11.1 Å². The molecular formula is C30H36N2. The van der Waals surface area contributed by atoms with Crippen molar-refractivity contribution in [3.05, 3.63) is 96.2 Å². The molecule has 1 aromatic carbocycles. The van der Waals surface area contributed by atoms with Crippen molar-refractivity contribution in [2.75, 3.05) is 0 Å². The van der Waals surface area contributed by atoms with Crippen LogP contribution in [0.4, 0.5) is 0 Å². The fourth-order valence-corrected chi connectivity index (χ4v) is 5.35. The highest BCUT2D eigenvalue weighted by atomic mass is 14.5. The molecule has 0 spiro atoms. The van der Waals surface area contributed by atoms with E-state index < -0.39 is 5.41 Å². The Labute approximate surface area is 195 Å². The van der Waals surface area contributed by atoms with E-state index in [0.717, 1.165) is 42.4 Å². The number of rotatable bonds is 10. The number of nitrogens with zero attached hydrogens (tertiary/aromatic N) is 2. The van der Waals surface area contributed by atoms with Crippen molar-refractivity contribution in [2.45, 2.75) is 52.9 Å². The van der Waals surface area contributed by atoms with Crippen LogP contribution in [0.25, 0.3) is 0 Å². The molecule has 0 bridgehead atoms. The molecular weight excluding hydrogens is 388 g/mol. The van der Waals surface area contributed by atoms with Gasteiger partial charge in [0.15, 0.2) is 5.41 Å². The molecule has 2 unspecified atom stereocenters. The average molecular weight is 425 g/mol. The first-order valence-corrected chi connectivity index (χ1v) is 11.6. The molecule has 0 fully saturated rings. The summed E-state index contributed by atoms with van der Waals surface area (Å²) in [7, 11) is 0. The van der Waals surface area contributed by atoms with Crippen molar-refractivity contribution in [1.29, 1.82) is 10.5 Å². The second kappa shape index (κ2) is 11.5. The summed E-state index contributed by atoms with van der Waals surface area (Å²) in [6, 6.07) is 15.3. The molecule has 2 heteroatoms. The first-order valence-electron chi connectivity index (χ1n) is 11.6. The predicted molar refractivity (Wildman–Crippen MR) is 134 cm³/mol. The van der Waals surface area contributed by atoms with Crippen LogP contribution in [0.3, 0.4) is 0 Å². The Balaban J connectivity index is 2.71. The van der Waals surface area contributed by atoms with E-state index >= 15 is 0 Å². The summed E-state index contributed by atoms with van der Waals surface area (Å²) >= 11 is 0. The molecule has 1 aliphatic carbocycles. The maximum Gasteiger partial charge on any atom is 0.165 e. The zero-order valence-electron chi connectivity index (χ0n) is 19.9. The third-order valence-electron chi connectivity index (χ3n) is 7.06. The summed E-state index contributed by atoms with van der Waals surface area (Å²) < 4.78 is 0. The quantitative estimate of drug-likeness (QED) is 0.283. The number of aryl methyl sites for hydroxylation is 1. The smallest absolute Gasteiger partial charge is 0.165 e. The molecule has 32 heavy (non-hydrogen) atoms. The van der Waals surface area contributed by atoms with Crippen LogP contribution in [-0.2, 0) is 6.42 Å². The average Bonchev–Trinajstić information content (AvgIpc) is 2.81. The molecule has 1 aliphatic rings. The minimum Gasteiger partial charge on any atom is -0.196 e. The summed E-state index contributed by atoms with van der Waals surface area (Å²) in [6.07, 6.45) is 9.94. The molecule has 2 nitrogen and oxygen atoms in total. The Kier molecular flexibility index (Phi) is 9.04. The summed E-state index contributed by atoms with van der Waals surface area (Å²) in [5, 5.41) is 20.4. The molecule has 0 amide bonds. The zero-order valence-corrected chi connectivity index (χ0v) is 19.9. The van der Waals surface area contributed by atoms with E-state index in [1.54, 1.807) is 0 Å². The normalized spacial score (nSPS) is 20.1. The molecule has 0 radical (unpaired) electrons. The predicted octanol–water partition coefficient (Wildman–Crippen LogP) is 7.90. The summed E-state index contributed by atoms with van der Waals surface area (Å²) in [4.78, 5) is 0. The standard InChI is InChI=1S/C30H36N2/c1-7-13-25(8-2)27(19-17-24-14-11-10-12-15-24)28-26(22(4)5)18-16-23(6)29(28)30(9-3,20-31)21-32/h7-8,10-15,26-28H,1-2,4,9,16-19H2,3,5-6H3/b25-13+/t26-,27?,28?/m1/s1. The van der Waals surface area contributed by atoms with Gasteiger partial charge in [-0.3, -0.25) is 0 Å². The Morgan fingerprint density at radius 1 is 1.22 bits per heavy atom. The lowest BCUT2D eigenvalue weighted by Crippen LogP contribution is -2.38. The lowest BCUT2D eigenvalue weighted by Gasteiger charge is -2.44. The Morgan fingerprint density at radius 3 is 2.38 bits per heavy atom. The Bertz CT molecular complexity index is 964. The minimum absolute atomic E-state index is 0.0356. The number of allylic oxidation sites excluding steroid dienone is 7. The van der Waals surface area contributed by atoms with Crippen molar-refractivity contribution in [3.63, 3.8) is 0 Å². The van der Waals surface area contributed by atoms with Gasteiger partial charge in [0.2, 0.25) is 0 Å².